The van der Waals surface area contributed by atoms with Gasteiger partial charge in [-0.1, -0.05) is 54.0 Å². The van der Waals surface area contributed by atoms with E-state index in [1.165, 1.54) is 5.56 Å². The zero-order valence-electron chi connectivity index (χ0n) is 15.7. The lowest BCUT2D eigenvalue weighted by molar-refractivity contribution is 0.214. The summed E-state index contributed by atoms with van der Waals surface area (Å²) in [4.78, 5) is 0. The summed E-state index contributed by atoms with van der Waals surface area (Å²) in [5.41, 5.74) is 2.99. The van der Waals surface area contributed by atoms with Crippen LogP contribution < -0.4 is 5.32 Å². The number of hydrogen-bond acceptors (Lipinski definition) is 4. The van der Waals surface area contributed by atoms with Crippen LogP contribution in [0.15, 0.2) is 53.0 Å². The van der Waals surface area contributed by atoms with Crippen LogP contribution in [0.2, 0.25) is 0 Å². The second kappa shape index (κ2) is 9.70. The molecule has 142 valence electrons. The highest BCUT2D eigenvalue weighted by Gasteiger charge is 2.37. The van der Waals surface area contributed by atoms with Crippen molar-refractivity contribution in [3.63, 3.8) is 0 Å². The van der Waals surface area contributed by atoms with Crippen molar-refractivity contribution in [1.29, 1.82) is 0 Å². The zero-order chi connectivity index (χ0) is 19.2. The minimum atomic E-state index is -3.39. The molecule has 0 saturated carbocycles. The fourth-order valence-electron chi connectivity index (χ4n) is 2.66. The second-order valence-corrected chi connectivity index (χ2v) is 9.28. The van der Waals surface area contributed by atoms with Gasteiger partial charge in [0.1, 0.15) is 0 Å². The fourth-order valence-corrected chi connectivity index (χ4v) is 4.86. The molecular weight excluding hydrogens is 413 g/mol. The van der Waals surface area contributed by atoms with E-state index in [1.807, 2.05) is 50.2 Å². The Hall–Kier alpha value is -1.13. The second-order valence-electron chi connectivity index (χ2n) is 6.25. The smallest absolute Gasteiger partial charge is 0.357 e. The summed E-state index contributed by atoms with van der Waals surface area (Å²) in [6.45, 7) is 8.59. The van der Waals surface area contributed by atoms with Crippen molar-refractivity contribution in [2.75, 3.05) is 18.5 Å². The molecule has 6 heteroatoms. The molecule has 0 spiro atoms. The molecule has 0 radical (unpaired) electrons. The van der Waals surface area contributed by atoms with Gasteiger partial charge in [0.25, 0.3) is 0 Å². The van der Waals surface area contributed by atoms with E-state index in [4.69, 9.17) is 9.05 Å². The first-order chi connectivity index (χ1) is 12.4. The van der Waals surface area contributed by atoms with Gasteiger partial charge in [0, 0.05) is 10.2 Å². The van der Waals surface area contributed by atoms with Crippen LogP contribution in [0, 0.1) is 0 Å². The third-order valence-electron chi connectivity index (χ3n) is 4.00. The molecule has 4 nitrogen and oxygen atoms in total. The molecule has 0 bridgehead atoms. The summed E-state index contributed by atoms with van der Waals surface area (Å²) in [5, 5.41) is 3.36. The van der Waals surface area contributed by atoms with Crippen LogP contribution in [0.4, 0.5) is 5.69 Å². The molecule has 0 aliphatic rings. The van der Waals surface area contributed by atoms with Crippen molar-refractivity contribution in [3.05, 3.63) is 64.1 Å². The van der Waals surface area contributed by atoms with E-state index in [0.29, 0.717) is 19.1 Å². The van der Waals surface area contributed by atoms with Crippen LogP contribution in [0.5, 0.6) is 0 Å². The fraction of sp³-hybridized carbons (Fsp3) is 0.400. The number of anilines is 1. The average Bonchev–Trinajstić information content (AvgIpc) is 2.61. The minimum Gasteiger partial charge on any atom is -0.368 e. The third kappa shape index (κ3) is 5.43. The molecule has 0 aliphatic carbocycles. The van der Waals surface area contributed by atoms with Gasteiger partial charge in [-0.25, -0.2) is 0 Å². The van der Waals surface area contributed by atoms with Gasteiger partial charge in [-0.15, -0.1) is 0 Å². The quantitative estimate of drug-likeness (QED) is 0.429. The Kier molecular flexibility index (Phi) is 7.90. The number of rotatable bonds is 9. The number of benzene rings is 2. The van der Waals surface area contributed by atoms with E-state index < -0.39 is 13.4 Å². The predicted octanol–water partition coefficient (Wildman–Crippen LogP) is 6.95. The number of halogens is 1. The van der Waals surface area contributed by atoms with E-state index in [-0.39, 0.29) is 0 Å². The molecule has 2 rings (SSSR count). The Morgan fingerprint density at radius 1 is 0.923 bits per heavy atom. The summed E-state index contributed by atoms with van der Waals surface area (Å²) >= 11 is 3.44. The maximum Gasteiger partial charge on any atom is 0.357 e. The summed E-state index contributed by atoms with van der Waals surface area (Å²) in [6.07, 6.45) is 0. The first kappa shape index (κ1) is 21.2. The molecule has 2 aromatic rings. The van der Waals surface area contributed by atoms with E-state index in [0.717, 1.165) is 15.7 Å². The number of hydrogen-bond donors (Lipinski definition) is 1. The Morgan fingerprint density at radius 3 is 1.88 bits per heavy atom. The van der Waals surface area contributed by atoms with E-state index in [1.54, 1.807) is 0 Å². The SMILES string of the molecule is CCOP(=O)(OCC)C(Nc1ccc(C(C)C)cc1)c1ccc(Br)cc1. The van der Waals surface area contributed by atoms with E-state index in [2.05, 4.69) is 47.2 Å². The van der Waals surface area contributed by atoms with Crippen LogP contribution in [0.1, 0.15) is 50.5 Å². The van der Waals surface area contributed by atoms with Crippen molar-refractivity contribution in [3.8, 4) is 0 Å². The van der Waals surface area contributed by atoms with Gasteiger partial charge in [-0.2, -0.15) is 0 Å². The molecule has 1 unspecified atom stereocenters. The van der Waals surface area contributed by atoms with Crippen molar-refractivity contribution < 1.29 is 13.6 Å². The Morgan fingerprint density at radius 2 is 1.42 bits per heavy atom. The molecule has 0 aromatic heterocycles. The average molecular weight is 440 g/mol. The topological polar surface area (TPSA) is 47.6 Å². The Balaban J connectivity index is 2.39. The highest BCUT2D eigenvalue weighted by Crippen LogP contribution is 2.60. The molecular formula is C20H27BrNO3P. The van der Waals surface area contributed by atoms with Crippen molar-refractivity contribution in [2.24, 2.45) is 0 Å². The molecule has 2 aromatic carbocycles. The first-order valence-corrected chi connectivity index (χ1v) is 11.3. The molecule has 0 saturated heterocycles. The third-order valence-corrected chi connectivity index (χ3v) is 6.83. The van der Waals surface area contributed by atoms with E-state index in [9.17, 15) is 4.57 Å². The van der Waals surface area contributed by atoms with Crippen molar-refractivity contribution >= 4 is 29.2 Å². The maximum atomic E-state index is 13.5. The molecule has 26 heavy (non-hydrogen) atoms. The molecule has 1 N–H and O–H groups in total. The lowest BCUT2D eigenvalue weighted by Gasteiger charge is -2.28. The lowest BCUT2D eigenvalue weighted by atomic mass is 10.0. The Labute approximate surface area is 165 Å². The summed E-state index contributed by atoms with van der Waals surface area (Å²) in [5.74, 6) is -0.121. The summed E-state index contributed by atoms with van der Waals surface area (Å²) < 4.78 is 25.6. The minimum absolute atomic E-state index is 0.318. The van der Waals surface area contributed by atoms with Gasteiger partial charge in [-0.05, 0) is 55.2 Å². The number of nitrogens with one attached hydrogen (secondary N) is 1. The highest BCUT2D eigenvalue weighted by atomic mass is 79.9. The molecule has 0 aliphatic heterocycles. The molecule has 1 atom stereocenters. The van der Waals surface area contributed by atoms with Gasteiger partial charge in [-0.3, -0.25) is 4.57 Å². The largest absolute Gasteiger partial charge is 0.368 e. The molecule has 0 heterocycles. The standard InChI is InChI=1S/C20H27BrNO3P/c1-5-24-26(23,25-6-2)20(17-7-11-18(21)12-8-17)22-19-13-9-16(10-14-19)15(3)4/h7-15,20,22H,5-6H2,1-4H3. The first-order valence-electron chi connectivity index (χ1n) is 8.90. The summed E-state index contributed by atoms with van der Waals surface area (Å²) in [6, 6.07) is 15.9. The maximum absolute atomic E-state index is 13.5. The zero-order valence-corrected chi connectivity index (χ0v) is 18.2. The van der Waals surface area contributed by atoms with E-state index >= 15 is 0 Å². The molecule has 0 amide bonds. The van der Waals surface area contributed by atoms with Gasteiger partial charge < -0.3 is 14.4 Å². The van der Waals surface area contributed by atoms with Gasteiger partial charge in [0.15, 0.2) is 5.78 Å². The van der Waals surface area contributed by atoms with Gasteiger partial charge in [0.05, 0.1) is 13.2 Å². The van der Waals surface area contributed by atoms with Crippen LogP contribution in [0.3, 0.4) is 0 Å². The van der Waals surface area contributed by atoms with Crippen LogP contribution in [-0.2, 0) is 13.6 Å². The normalized spacial score (nSPS) is 13.0. The van der Waals surface area contributed by atoms with Crippen LogP contribution in [0.25, 0.3) is 0 Å². The monoisotopic (exact) mass is 439 g/mol. The van der Waals surface area contributed by atoms with Gasteiger partial charge in [0.2, 0.25) is 0 Å². The predicted molar refractivity (Wildman–Crippen MR) is 112 cm³/mol. The lowest BCUT2D eigenvalue weighted by Crippen LogP contribution is -2.15. The van der Waals surface area contributed by atoms with Gasteiger partial charge >= 0.3 is 7.60 Å². The highest BCUT2D eigenvalue weighted by molar-refractivity contribution is 9.10. The van der Waals surface area contributed by atoms with Crippen LogP contribution in [-0.4, -0.2) is 13.2 Å². The summed E-state index contributed by atoms with van der Waals surface area (Å²) in [7, 11) is -3.39. The van der Waals surface area contributed by atoms with Crippen molar-refractivity contribution in [1.82, 2.24) is 0 Å². The van der Waals surface area contributed by atoms with Crippen LogP contribution >= 0.6 is 23.5 Å². The molecule has 0 fully saturated rings. The van der Waals surface area contributed by atoms with Crippen molar-refractivity contribution in [2.45, 2.75) is 39.4 Å². The Bertz CT molecular complexity index is 722.